The maximum absolute atomic E-state index is 11.8. The first-order valence-electron chi connectivity index (χ1n) is 7.53. The summed E-state index contributed by atoms with van der Waals surface area (Å²) in [5.74, 6) is 0.156. The first-order chi connectivity index (χ1) is 12.0. The van der Waals surface area contributed by atoms with Gasteiger partial charge in [-0.25, -0.2) is 4.79 Å². The van der Waals surface area contributed by atoms with E-state index in [4.69, 9.17) is 20.8 Å². The zero-order chi connectivity index (χ0) is 18.0. The molecule has 2 N–H and O–H groups in total. The van der Waals surface area contributed by atoms with Crippen LogP contribution in [0.1, 0.15) is 10.4 Å². The number of ether oxygens (including phenoxy) is 1. The number of carbonyl (C=O) groups excluding carboxylic acids is 1. The second-order valence-electron chi connectivity index (χ2n) is 5.32. The topological polar surface area (TPSA) is 71.7 Å². The van der Waals surface area contributed by atoms with E-state index in [-0.39, 0.29) is 11.3 Å². The number of benzene rings is 2. The molecule has 6 heteroatoms. The van der Waals surface area contributed by atoms with Gasteiger partial charge in [-0.05, 0) is 23.8 Å². The number of furan rings is 1. The Kier molecular flexibility index (Phi) is 4.67. The van der Waals surface area contributed by atoms with Crippen LogP contribution in [0, 0.1) is 0 Å². The number of esters is 1. The lowest BCUT2D eigenvalue weighted by atomic mass is 10.0. The van der Waals surface area contributed by atoms with Gasteiger partial charge in [0.05, 0.1) is 18.2 Å². The van der Waals surface area contributed by atoms with Crippen molar-refractivity contribution in [3.05, 3.63) is 59.1 Å². The van der Waals surface area contributed by atoms with Gasteiger partial charge in [-0.15, -0.1) is 0 Å². The van der Waals surface area contributed by atoms with Crippen molar-refractivity contribution >= 4 is 23.5 Å². The molecule has 0 atom stereocenters. The van der Waals surface area contributed by atoms with Gasteiger partial charge in [0.1, 0.15) is 0 Å². The SMILES string of the molecule is CNc1oc(-c2ccccc2)c(O)c1-c1cc(Cl)cc(C(=O)OC)c1. The van der Waals surface area contributed by atoms with Gasteiger partial charge in [0, 0.05) is 17.6 Å². The van der Waals surface area contributed by atoms with Gasteiger partial charge < -0.3 is 19.6 Å². The first-order valence-corrected chi connectivity index (χ1v) is 7.91. The summed E-state index contributed by atoms with van der Waals surface area (Å²) in [6.45, 7) is 0. The molecule has 0 saturated carbocycles. The number of hydrogen-bond acceptors (Lipinski definition) is 5. The molecular formula is C19H16ClNO4. The average Bonchev–Trinajstić information content (AvgIpc) is 2.97. The van der Waals surface area contributed by atoms with Gasteiger partial charge in [0.15, 0.2) is 11.5 Å². The molecule has 0 unspecified atom stereocenters. The van der Waals surface area contributed by atoms with Gasteiger partial charge in [-0.3, -0.25) is 0 Å². The molecule has 2 aromatic carbocycles. The van der Waals surface area contributed by atoms with Crippen LogP contribution in [0.25, 0.3) is 22.5 Å². The Hall–Kier alpha value is -2.92. The van der Waals surface area contributed by atoms with Crippen molar-refractivity contribution in [3.8, 4) is 28.2 Å². The van der Waals surface area contributed by atoms with E-state index in [1.165, 1.54) is 13.2 Å². The van der Waals surface area contributed by atoms with Crippen LogP contribution in [-0.2, 0) is 4.74 Å². The highest BCUT2D eigenvalue weighted by atomic mass is 35.5. The summed E-state index contributed by atoms with van der Waals surface area (Å²) in [5.41, 5.74) is 1.99. The van der Waals surface area contributed by atoms with Gasteiger partial charge in [0.2, 0.25) is 5.88 Å². The molecule has 1 heterocycles. The zero-order valence-electron chi connectivity index (χ0n) is 13.7. The van der Waals surface area contributed by atoms with E-state index < -0.39 is 5.97 Å². The number of rotatable bonds is 4. The van der Waals surface area contributed by atoms with Crippen LogP contribution in [0.5, 0.6) is 5.75 Å². The number of anilines is 1. The monoisotopic (exact) mass is 357 g/mol. The second kappa shape index (κ2) is 6.91. The maximum Gasteiger partial charge on any atom is 0.337 e. The normalized spacial score (nSPS) is 10.5. The molecule has 0 aliphatic carbocycles. The molecule has 0 amide bonds. The Morgan fingerprint density at radius 2 is 1.88 bits per heavy atom. The Labute approximate surface area is 149 Å². The van der Waals surface area contributed by atoms with Gasteiger partial charge in [-0.2, -0.15) is 0 Å². The molecule has 0 aliphatic heterocycles. The Morgan fingerprint density at radius 1 is 1.16 bits per heavy atom. The minimum atomic E-state index is -0.513. The molecule has 128 valence electrons. The molecule has 0 saturated heterocycles. The summed E-state index contributed by atoms with van der Waals surface area (Å²) in [4.78, 5) is 11.8. The second-order valence-corrected chi connectivity index (χ2v) is 5.76. The van der Waals surface area contributed by atoms with E-state index in [0.29, 0.717) is 27.8 Å². The van der Waals surface area contributed by atoms with Crippen molar-refractivity contribution in [2.45, 2.75) is 0 Å². The Balaban J connectivity index is 2.19. The van der Waals surface area contributed by atoms with E-state index >= 15 is 0 Å². The van der Waals surface area contributed by atoms with Gasteiger partial charge in [0.25, 0.3) is 0 Å². The lowest BCUT2D eigenvalue weighted by Gasteiger charge is -2.06. The van der Waals surface area contributed by atoms with Crippen molar-refractivity contribution in [2.24, 2.45) is 0 Å². The van der Waals surface area contributed by atoms with Crippen LogP contribution in [0.3, 0.4) is 0 Å². The Bertz CT molecular complexity index is 919. The molecule has 0 bridgehead atoms. The lowest BCUT2D eigenvalue weighted by molar-refractivity contribution is 0.0601. The predicted molar refractivity (Wildman–Crippen MR) is 97.1 cm³/mol. The van der Waals surface area contributed by atoms with Crippen LogP contribution < -0.4 is 5.32 Å². The summed E-state index contributed by atoms with van der Waals surface area (Å²) in [6, 6.07) is 14.0. The number of nitrogens with one attached hydrogen (secondary N) is 1. The lowest BCUT2D eigenvalue weighted by Crippen LogP contribution is -2.01. The summed E-state index contributed by atoms with van der Waals surface area (Å²) in [6.07, 6.45) is 0. The van der Waals surface area contributed by atoms with Crippen LogP contribution in [-0.4, -0.2) is 25.2 Å². The number of carbonyl (C=O) groups is 1. The van der Waals surface area contributed by atoms with Crippen molar-refractivity contribution in [1.29, 1.82) is 0 Å². The molecule has 25 heavy (non-hydrogen) atoms. The largest absolute Gasteiger partial charge is 0.504 e. The van der Waals surface area contributed by atoms with Crippen LogP contribution >= 0.6 is 11.6 Å². The molecule has 3 aromatic rings. The molecule has 3 rings (SSSR count). The number of aromatic hydroxyl groups is 1. The summed E-state index contributed by atoms with van der Waals surface area (Å²) in [5, 5.41) is 14.0. The van der Waals surface area contributed by atoms with E-state index in [1.807, 2.05) is 30.3 Å². The summed E-state index contributed by atoms with van der Waals surface area (Å²) >= 11 is 6.13. The smallest absolute Gasteiger partial charge is 0.337 e. The number of methoxy groups -OCH3 is 1. The average molecular weight is 358 g/mol. The van der Waals surface area contributed by atoms with E-state index in [9.17, 15) is 9.90 Å². The summed E-state index contributed by atoms with van der Waals surface area (Å²) in [7, 11) is 2.98. The van der Waals surface area contributed by atoms with Crippen molar-refractivity contribution in [3.63, 3.8) is 0 Å². The molecule has 1 aromatic heterocycles. The molecule has 5 nitrogen and oxygen atoms in total. The van der Waals surface area contributed by atoms with E-state index in [0.717, 1.165) is 5.56 Å². The summed E-state index contributed by atoms with van der Waals surface area (Å²) < 4.78 is 10.5. The highest BCUT2D eigenvalue weighted by Crippen LogP contribution is 2.46. The first kappa shape index (κ1) is 16.9. The molecule has 0 radical (unpaired) electrons. The fourth-order valence-electron chi connectivity index (χ4n) is 2.62. The Morgan fingerprint density at radius 3 is 2.52 bits per heavy atom. The third kappa shape index (κ3) is 3.19. The zero-order valence-corrected chi connectivity index (χ0v) is 14.4. The van der Waals surface area contributed by atoms with E-state index in [1.54, 1.807) is 19.2 Å². The molecule has 0 aliphatic rings. The fourth-order valence-corrected chi connectivity index (χ4v) is 2.86. The van der Waals surface area contributed by atoms with E-state index in [2.05, 4.69) is 5.32 Å². The van der Waals surface area contributed by atoms with Gasteiger partial charge >= 0.3 is 5.97 Å². The van der Waals surface area contributed by atoms with Crippen LogP contribution in [0.4, 0.5) is 5.88 Å². The predicted octanol–water partition coefficient (Wildman–Crippen LogP) is 4.80. The van der Waals surface area contributed by atoms with Crippen molar-refractivity contribution in [1.82, 2.24) is 0 Å². The number of halogens is 1. The maximum atomic E-state index is 11.8. The molecule has 0 fully saturated rings. The van der Waals surface area contributed by atoms with Crippen molar-refractivity contribution in [2.75, 3.05) is 19.5 Å². The fraction of sp³-hybridized carbons (Fsp3) is 0.105. The standard InChI is InChI=1S/C19H16ClNO4/c1-21-18-15(12-8-13(19(23)24-2)10-14(20)9-12)16(22)17(25-18)11-6-4-3-5-7-11/h3-10,21-22H,1-2H3. The third-order valence-electron chi connectivity index (χ3n) is 3.75. The highest BCUT2D eigenvalue weighted by molar-refractivity contribution is 6.31. The quantitative estimate of drug-likeness (QED) is 0.656. The van der Waals surface area contributed by atoms with Crippen LogP contribution in [0.15, 0.2) is 52.9 Å². The highest BCUT2D eigenvalue weighted by Gasteiger charge is 2.23. The minimum absolute atomic E-state index is 0.0337. The van der Waals surface area contributed by atoms with Gasteiger partial charge in [-0.1, -0.05) is 41.9 Å². The van der Waals surface area contributed by atoms with Crippen molar-refractivity contribution < 1.29 is 19.1 Å². The molecule has 0 spiro atoms. The molecular weight excluding hydrogens is 342 g/mol. The number of hydrogen-bond donors (Lipinski definition) is 2. The van der Waals surface area contributed by atoms with Crippen LogP contribution in [0.2, 0.25) is 5.02 Å². The third-order valence-corrected chi connectivity index (χ3v) is 3.97. The minimum Gasteiger partial charge on any atom is -0.504 e.